The van der Waals surface area contributed by atoms with Crippen molar-refractivity contribution >= 4 is 17.5 Å². The maximum absolute atomic E-state index is 12.0. The molecule has 1 aromatic heterocycles. The van der Waals surface area contributed by atoms with Crippen LogP contribution in [0, 0.1) is 0 Å². The van der Waals surface area contributed by atoms with Crippen LogP contribution in [0.25, 0.3) is 0 Å². The van der Waals surface area contributed by atoms with E-state index in [1.807, 2.05) is 6.07 Å². The van der Waals surface area contributed by atoms with Crippen LogP contribution in [0.2, 0.25) is 0 Å². The SMILES string of the molecule is CC1(C(=O)Cc2ccoc2)CCCS1. The Hall–Kier alpha value is -0.700. The number of carbonyl (C=O) groups is 1. The molecule has 2 heterocycles. The van der Waals surface area contributed by atoms with Crippen molar-refractivity contribution in [2.24, 2.45) is 0 Å². The van der Waals surface area contributed by atoms with Gasteiger partial charge in [0.25, 0.3) is 0 Å². The fourth-order valence-corrected chi connectivity index (χ4v) is 3.03. The monoisotopic (exact) mass is 210 g/mol. The highest BCUT2D eigenvalue weighted by atomic mass is 32.2. The molecule has 0 bridgehead atoms. The molecule has 0 saturated carbocycles. The van der Waals surface area contributed by atoms with Gasteiger partial charge in [-0.3, -0.25) is 4.79 Å². The highest BCUT2D eigenvalue weighted by Crippen LogP contribution is 2.39. The summed E-state index contributed by atoms with van der Waals surface area (Å²) in [5, 5.41) is 0. The van der Waals surface area contributed by atoms with Gasteiger partial charge in [0.05, 0.1) is 17.3 Å². The topological polar surface area (TPSA) is 30.2 Å². The summed E-state index contributed by atoms with van der Waals surface area (Å²) >= 11 is 1.79. The number of hydrogen-bond donors (Lipinski definition) is 0. The Balaban J connectivity index is 2.02. The minimum Gasteiger partial charge on any atom is -0.472 e. The molecule has 1 atom stereocenters. The number of ketones is 1. The van der Waals surface area contributed by atoms with Crippen LogP contribution in [0.5, 0.6) is 0 Å². The predicted molar refractivity (Wildman–Crippen MR) is 57.5 cm³/mol. The van der Waals surface area contributed by atoms with E-state index in [1.54, 1.807) is 24.3 Å². The molecule has 76 valence electrons. The summed E-state index contributed by atoms with van der Waals surface area (Å²) in [7, 11) is 0. The molecule has 0 radical (unpaired) electrons. The quantitative estimate of drug-likeness (QED) is 0.768. The Kier molecular flexibility index (Phi) is 2.68. The van der Waals surface area contributed by atoms with Crippen LogP contribution >= 0.6 is 11.8 Å². The Morgan fingerprint density at radius 2 is 2.57 bits per heavy atom. The van der Waals surface area contributed by atoms with E-state index >= 15 is 0 Å². The highest BCUT2D eigenvalue weighted by molar-refractivity contribution is 8.01. The average molecular weight is 210 g/mol. The molecule has 0 amide bonds. The summed E-state index contributed by atoms with van der Waals surface area (Å²) in [4.78, 5) is 12.0. The molecule has 1 aromatic rings. The third-order valence-corrected chi connectivity index (χ3v) is 4.32. The normalized spacial score (nSPS) is 26.6. The number of rotatable bonds is 3. The first-order chi connectivity index (χ1) is 6.71. The minimum absolute atomic E-state index is 0.142. The van der Waals surface area contributed by atoms with Crippen LogP contribution in [0.1, 0.15) is 25.3 Å². The fourth-order valence-electron chi connectivity index (χ4n) is 1.76. The van der Waals surface area contributed by atoms with Crippen LogP contribution < -0.4 is 0 Å². The second-order valence-corrected chi connectivity index (χ2v) is 5.51. The fraction of sp³-hybridized carbons (Fsp3) is 0.545. The molecule has 1 aliphatic rings. The lowest BCUT2D eigenvalue weighted by Gasteiger charge is -2.20. The molecule has 0 aliphatic carbocycles. The van der Waals surface area contributed by atoms with E-state index < -0.39 is 0 Å². The molecule has 1 fully saturated rings. The van der Waals surface area contributed by atoms with E-state index in [2.05, 4.69) is 6.92 Å². The van der Waals surface area contributed by atoms with Crippen molar-refractivity contribution in [2.45, 2.75) is 30.9 Å². The molecule has 0 spiro atoms. The lowest BCUT2D eigenvalue weighted by atomic mass is 9.96. The standard InChI is InChI=1S/C11H14O2S/c1-11(4-2-6-14-11)10(12)7-9-3-5-13-8-9/h3,5,8H,2,4,6-7H2,1H3. The summed E-state index contributed by atoms with van der Waals surface area (Å²) in [5.41, 5.74) is 0.990. The van der Waals surface area contributed by atoms with Gasteiger partial charge in [-0.15, -0.1) is 11.8 Å². The molecule has 3 heteroatoms. The summed E-state index contributed by atoms with van der Waals surface area (Å²) in [6, 6.07) is 1.86. The molecule has 2 nitrogen and oxygen atoms in total. The van der Waals surface area contributed by atoms with E-state index in [0.29, 0.717) is 12.2 Å². The second kappa shape index (κ2) is 3.81. The summed E-state index contributed by atoms with van der Waals surface area (Å²) < 4.78 is 4.81. The molecule has 1 aliphatic heterocycles. The summed E-state index contributed by atoms with van der Waals surface area (Å²) in [5.74, 6) is 1.45. The van der Waals surface area contributed by atoms with Gasteiger partial charge in [-0.05, 0) is 37.1 Å². The van der Waals surface area contributed by atoms with Crippen molar-refractivity contribution in [1.29, 1.82) is 0 Å². The van der Waals surface area contributed by atoms with Crippen molar-refractivity contribution in [3.63, 3.8) is 0 Å². The predicted octanol–water partition coefficient (Wildman–Crippen LogP) is 2.68. The molecule has 0 N–H and O–H groups in total. The first kappa shape index (κ1) is 9.84. The minimum atomic E-state index is -0.142. The van der Waals surface area contributed by atoms with Crippen molar-refractivity contribution in [2.75, 3.05) is 5.75 Å². The second-order valence-electron chi connectivity index (χ2n) is 3.91. The maximum atomic E-state index is 12.0. The lowest BCUT2D eigenvalue weighted by Crippen LogP contribution is -2.30. The highest BCUT2D eigenvalue weighted by Gasteiger charge is 2.36. The van der Waals surface area contributed by atoms with E-state index in [9.17, 15) is 4.79 Å². The van der Waals surface area contributed by atoms with Crippen LogP contribution in [0.3, 0.4) is 0 Å². The van der Waals surface area contributed by atoms with Crippen LogP contribution in [0.15, 0.2) is 23.0 Å². The van der Waals surface area contributed by atoms with Crippen LogP contribution in [0.4, 0.5) is 0 Å². The van der Waals surface area contributed by atoms with Crippen LogP contribution in [-0.2, 0) is 11.2 Å². The van der Waals surface area contributed by atoms with Gasteiger partial charge in [-0.1, -0.05) is 0 Å². The van der Waals surface area contributed by atoms with Crippen LogP contribution in [-0.4, -0.2) is 16.3 Å². The first-order valence-corrected chi connectivity index (χ1v) is 5.88. The van der Waals surface area contributed by atoms with Crippen molar-refractivity contribution < 1.29 is 9.21 Å². The molecule has 1 saturated heterocycles. The molecule has 1 unspecified atom stereocenters. The molecule has 2 rings (SSSR count). The van der Waals surface area contributed by atoms with E-state index in [-0.39, 0.29) is 4.75 Å². The average Bonchev–Trinajstić information content (AvgIpc) is 2.76. The van der Waals surface area contributed by atoms with Gasteiger partial charge in [-0.2, -0.15) is 0 Å². The Morgan fingerprint density at radius 1 is 1.71 bits per heavy atom. The number of hydrogen-bond acceptors (Lipinski definition) is 3. The third-order valence-electron chi connectivity index (χ3n) is 2.75. The third kappa shape index (κ3) is 1.87. The van der Waals surface area contributed by atoms with E-state index in [0.717, 1.165) is 24.2 Å². The zero-order chi connectivity index (χ0) is 10.0. The van der Waals surface area contributed by atoms with Crippen molar-refractivity contribution in [3.05, 3.63) is 24.2 Å². The molecule has 0 aromatic carbocycles. The van der Waals surface area contributed by atoms with Gasteiger partial charge in [0.2, 0.25) is 0 Å². The zero-order valence-electron chi connectivity index (χ0n) is 8.29. The molecular weight excluding hydrogens is 196 g/mol. The van der Waals surface area contributed by atoms with Crippen molar-refractivity contribution in [3.8, 4) is 0 Å². The largest absolute Gasteiger partial charge is 0.472 e. The number of furan rings is 1. The van der Waals surface area contributed by atoms with Crippen molar-refractivity contribution in [1.82, 2.24) is 0 Å². The van der Waals surface area contributed by atoms with Gasteiger partial charge in [0.15, 0.2) is 5.78 Å². The number of carbonyl (C=O) groups excluding carboxylic acids is 1. The molecule has 14 heavy (non-hydrogen) atoms. The first-order valence-electron chi connectivity index (χ1n) is 4.89. The maximum Gasteiger partial charge on any atom is 0.153 e. The Labute approximate surface area is 88.1 Å². The van der Waals surface area contributed by atoms with Gasteiger partial charge in [-0.25, -0.2) is 0 Å². The van der Waals surface area contributed by atoms with Gasteiger partial charge in [0.1, 0.15) is 0 Å². The number of thioether (sulfide) groups is 1. The summed E-state index contributed by atoms with van der Waals surface area (Å²) in [6.45, 7) is 2.06. The zero-order valence-corrected chi connectivity index (χ0v) is 9.10. The van der Waals surface area contributed by atoms with E-state index in [1.165, 1.54) is 0 Å². The molecular formula is C11H14O2S. The Morgan fingerprint density at radius 3 is 3.14 bits per heavy atom. The van der Waals surface area contributed by atoms with Gasteiger partial charge in [0, 0.05) is 6.42 Å². The Bertz CT molecular complexity index is 310. The lowest BCUT2D eigenvalue weighted by molar-refractivity contribution is -0.120. The van der Waals surface area contributed by atoms with E-state index in [4.69, 9.17) is 4.42 Å². The van der Waals surface area contributed by atoms with Gasteiger partial charge < -0.3 is 4.42 Å². The number of Topliss-reactive ketones (excluding diaryl/α,β-unsaturated/α-hetero) is 1. The summed E-state index contributed by atoms with van der Waals surface area (Å²) in [6.07, 6.45) is 5.97. The van der Waals surface area contributed by atoms with Gasteiger partial charge >= 0.3 is 0 Å². The smallest absolute Gasteiger partial charge is 0.153 e.